The second-order valence-corrected chi connectivity index (χ2v) is 6.03. The molecule has 1 amide bonds. The van der Waals surface area contributed by atoms with Gasteiger partial charge in [-0.2, -0.15) is 8.42 Å². The number of aromatic carboxylic acids is 1. The van der Waals surface area contributed by atoms with Crippen LogP contribution < -0.4 is 11.1 Å². The van der Waals surface area contributed by atoms with Gasteiger partial charge in [-0.3, -0.25) is 9.35 Å². The number of carbonyl (C=O) groups excluding carboxylic acids is 1. The maximum Gasteiger partial charge on any atom is 0.335 e. The van der Waals surface area contributed by atoms with Crippen molar-refractivity contribution < 1.29 is 27.7 Å². The molecule has 0 aromatic heterocycles. The van der Waals surface area contributed by atoms with Crippen molar-refractivity contribution in [2.75, 3.05) is 11.1 Å². The van der Waals surface area contributed by atoms with E-state index < -0.39 is 32.5 Å². The lowest BCUT2D eigenvalue weighted by atomic mass is 10.1. The van der Waals surface area contributed by atoms with Crippen molar-refractivity contribution in [3.05, 3.63) is 53.6 Å². The Morgan fingerprint density at radius 2 is 1.74 bits per heavy atom. The van der Waals surface area contributed by atoms with E-state index >= 15 is 0 Å². The SMILES string of the molecule is Nc1cccc(C(=O)Nc2cc(C(=O)O)cc(S(=O)(=O)O)c2)c1. The van der Waals surface area contributed by atoms with Gasteiger partial charge in [0.2, 0.25) is 0 Å². The van der Waals surface area contributed by atoms with Crippen LogP contribution in [0.4, 0.5) is 11.4 Å². The highest BCUT2D eigenvalue weighted by Crippen LogP contribution is 2.20. The van der Waals surface area contributed by atoms with E-state index in [4.69, 9.17) is 15.4 Å². The lowest BCUT2D eigenvalue weighted by molar-refractivity contribution is 0.0696. The number of anilines is 2. The maximum atomic E-state index is 12.1. The first-order valence-corrected chi connectivity index (χ1v) is 7.63. The molecule has 0 heterocycles. The fourth-order valence-corrected chi connectivity index (χ4v) is 2.38. The van der Waals surface area contributed by atoms with Crippen molar-refractivity contribution in [1.82, 2.24) is 0 Å². The zero-order valence-electron chi connectivity index (χ0n) is 11.6. The topological polar surface area (TPSA) is 147 Å². The molecule has 23 heavy (non-hydrogen) atoms. The van der Waals surface area contributed by atoms with Crippen molar-refractivity contribution in [2.45, 2.75) is 4.90 Å². The molecular weight excluding hydrogens is 324 g/mol. The standard InChI is InChI=1S/C14H12N2O6S/c15-10-3-1-2-8(4-10)13(17)16-11-5-9(14(18)19)6-12(7-11)23(20,21)22/h1-7H,15H2,(H,16,17)(H,18,19)(H,20,21,22). The molecule has 0 radical (unpaired) electrons. The molecule has 2 aromatic rings. The van der Waals surface area contributed by atoms with Gasteiger partial charge >= 0.3 is 5.97 Å². The first-order chi connectivity index (χ1) is 10.7. The average molecular weight is 336 g/mol. The molecule has 0 saturated heterocycles. The van der Waals surface area contributed by atoms with E-state index in [1.165, 1.54) is 12.1 Å². The van der Waals surface area contributed by atoms with Gasteiger partial charge in [-0.1, -0.05) is 6.07 Å². The van der Waals surface area contributed by atoms with E-state index in [-0.39, 0.29) is 11.3 Å². The summed E-state index contributed by atoms with van der Waals surface area (Å²) in [6, 6.07) is 8.83. The van der Waals surface area contributed by atoms with Gasteiger partial charge in [0.25, 0.3) is 16.0 Å². The van der Waals surface area contributed by atoms with E-state index in [1.807, 2.05) is 0 Å². The van der Waals surface area contributed by atoms with Crippen LogP contribution in [0.1, 0.15) is 20.7 Å². The Bertz CT molecular complexity index is 892. The van der Waals surface area contributed by atoms with Gasteiger partial charge in [-0.05, 0) is 36.4 Å². The molecule has 0 fully saturated rings. The maximum absolute atomic E-state index is 12.1. The number of hydrogen-bond donors (Lipinski definition) is 4. The summed E-state index contributed by atoms with van der Waals surface area (Å²) in [6.45, 7) is 0. The second-order valence-electron chi connectivity index (χ2n) is 4.61. The fraction of sp³-hybridized carbons (Fsp3) is 0. The Kier molecular flexibility index (Phi) is 4.34. The molecular formula is C14H12N2O6S. The summed E-state index contributed by atoms with van der Waals surface area (Å²) in [5, 5.41) is 11.3. The molecule has 2 aromatic carbocycles. The Labute approximate surface area is 131 Å². The van der Waals surface area contributed by atoms with Crippen molar-refractivity contribution in [3.8, 4) is 0 Å². The molecule has 0 saturated carbocycles. The number of rotatable bonds is 4. The molecule has 0 atom stereocenters. The first kappa shape index (κ1) is 16.5. The summed E-state index contributed by atoms with van der Waals surface area (Å²) in [4.78, 5) is 22.5. The monoisotopic (exact) mass is 336 g/mol. The quantitative estimate of drug-likeness (QED) is 0.488. The Morgan fingerprint density at radius 3 is 2.30 bits per heavy atom. The molecule has 2 rings (SSSR count). The number of nitrogens with one attached hydrogen (secondary N) is 1. The van der Waals surface area contributed by atoms with Gasteiger partial charge in [-0.25, -0.2) is 4.79 Å². The molecule has 0 aliphatic carbocycles. The van der Waals surface area contributed by atoms with E-state index in [9.17, 15) is 18.0 Å². The molecule has 5 N–H and O–H groups in total. The van der Waals surface area contributed by atoms with Crippen LogP contribution in [0.5, 0.6) is 0 Å². The largest absolute Gasteiger partial charge is 0.478 e. The molecule has 120 valence electrons. The normalized spacial score (nSPS) is 11.0. The number of carboxylic acids is 1. The van der Waals surface area contributed by atoms with Crippen LogP contribution in [0.15, 0.2) is 47.4 Å². The van der Waals surface area contributed by atoms with Crippen LogP contribution in [0, 0.1) is 0 Å². The third kappa shape index (κ3) is 4.05. The minimum Gasteiger partial charge on any atom is -0.478 e. The molecule has 0 bridgehead atoms. The molecule has 0 unspecified atom stereocenters. The van der Waals surface area contributed by atoms with Crippen molar-refractivity contribution in [1.29, 1.82) is 0 Å². The summed E-state index contributed by atoms with van der Waals surface area (Å²) < 4.78 is 31.4. The minimum absolute atomic E-state index is 0.0926. The van der Waals surface area contributed by atoms with Crippen molar-refractivity contribution >= 4 is 33.4 Å². The van der Waals surface area contributed by atoms with E-state index in [0.717, 1.165) is 18.2 Å². The predicted molar refractivity (Wildman–Crippen MR) is 82.0 cm³/mol. The predicted octanol–water partition coefficient (Wildman–Crippen LogP) is 1.47. The highest BCUT2D eigenvalue weighted by molar-refractivity contribution is 7.85. The fourth-order valence-electron chi connectivity index (χ4n) is 1.83. The number of amides is 1. The number of benzene rings is 2. The van der Waals surface area contributed by atoms with Gasteiger partial charge in [0.05, 0.1) is 10.5 Å². The number of carbonyl (C=O) groups is 2. The van der Waals surface area contributed by atoms with Crippen LogP contribution in [-0.2, 0) is 10.1 Å². The van der Waals surface area contributed by atoms with Gasteiger partial charge in [0, 0.05) is 16.9 Å². The van der Waals surface area contributed by atoms with Crippen LogP contribution >= 0.6 is 0 Å². The second kappa shape index (κ2) is 6.07. The van der Waals surface area contributed by atoms with Gasteiger partial charge in [-0.15, -0.1) is 0 Å². The molecule has 9 heteroatoms. The first-order valence-electron chi connectivity index (χ1n) is 6.19. The average Bonchev–Trinajstić information content (AvgIpc) is 2.46. The summed E-state index contributed by atoms with van der Waals surface area (Å²) in [5.74, 6) is -2.02. The van der Waals surface area contributed by atoms with Crippen LogP contribution in [0.3, 0.4) is 0 Å². The molecule has 8 nitrogen and oxygen atoms in total. The van der Waals surface area contributed by atoms with Gasteiger partial charge in [0.15, 0.2) is 0 Å². The smallest absolute Gasteiger partial charge is 0.335 e. The Hall–Kier alpha value is -2.91. The Morgan fingerprint density at radius 1 is 1.04 bits per heavy atom. The third-order valence-electron chi connectivity index (χ3n) is 2.86. The summed E-state index contributed by atoms with van der Waals surface area (Å²) in [7, 11) is -4.62. The van der Waals surface area contributed by atoms with E-state index in [1.54, 1.807) is 12.1 Å². The molecule has 0 aliphatic rings. The minimum atomic E-state index is -4.62. The summed E-state index contributed by atoms with van der Waals surface area (Å²) >= 11 is 0. The zero-order valence-corrected chi connectivity index (χ0v) is 12.4. The van der Waals surface area contributed by atoms with Crippen LogP contribution in [0.2, 0.25) is 0 Å². The van der Waals surface area contributed by atoms with Crippen molar-refractivity contribution in [2.24, 2.45) is 0 Å². The van der Waals surface area contributed by atoms with Gasteiger partial charge < -0.3 is 16.2 Å². The highest BCUT2D eigenvalue weighted by atomic mass is 32.2. The lowest BCUT2D eigenvalue weighted by Crippen LogP contribution is -2.13. The lowest BCUT2D eigenvalue weighted by Gasteiger charge is -2.08. The number of hydrogen-bond acceptors (Lipinski definition) is 5. The summed E-state index contributed by atoms with van der Waals surface area (Å²) in [6.07, 6.45) is 0. The highest BCUT2D eigenvalue weighted by Gasteiger charge is 2.16. The molecule has 0 spiro atoms. The molecule has 0 aliphatic heterocycles. The van der Waals surface area contributed by atoms with Crippen LogP contribution in [-0.4, -0.2) is 30.0 Å². The van der Waals surface area contributed by atoms with E-state index in [2.05, 4.69) is 5.32 Å². The number of nitrogens with two attached hydrogens (primary N) is 1. The zero-order chi connectivity index (χ0) is 17.2. The summed E-state index contributed by atoms with van der Waals surface area (Å²) in [5.41, 5.74) is 5.64. The van der Waals surface area contributed by atoms with Crippen molar-refractivity contribution in [3.63, 3.8) is 0 Å². The van der Waals surface area contributed by atoms with E-state index in [0.29, 0.717) is 5.69 Å². The third-order valence-corrected chi connectivity index (χ3v) is 3.69. The Balaban J connectivity index is 2.41. The number of nitrogen functional groups attached to an aromatic ring is 1. The number of carboxylic acid groups (broad SMARTS) is 1. The van der Waals surface area contributed by atoms with Gasteiger partial charge in [0.1, 0.15) is 0 Å². The van der Waals surface area contributed by atoms with Crippen LogP contribution in [0.25, 0.3) is 0 Å².